The van der Waals surface area contributed by atoms with E-state index in [0.717, 1.165) is 12.2 Å². The zero-order valence-corrected chi connectivity index (χ0v) is 6.99. The predicted octanol–water partition coefficient (Wildman–Crippen LogP) is 1.31. The maximum absolute atomic E-state index is 4.04. The van der Waals surface area contributed by atoms with Crippen LogP contribution in [0.25, 0.3) is 0 Å². The zero-order valence-electron chi connectivity index (χ0n) is 6.99. The third-order valence-corrected chi connectivity index (χ3v) is 1.80. The maximum Gasteiger partial charge on any atom is 0.0754 e. The minimum absolute atomic E-state index is 0.925. The van der Waals surface area contributed by atoms with E-state index in [1.165, 1.54) is 5.57 Å². The second-order valence-corrected chi connectivity index (χ2v) is 2.89. The van der Waals surface area contributed by atoms with Gasteiger partial charge in [0, 0.05) is 18.9 Å². The Hall–Kier alpha value is -1.35. The molecule has 1 aliphatic heterocycles. The first-order valence-corrected chi connectivity index (χ1v) is 3.96. The van der Waals surface area contributed by atoms with Crippen LogP contribution in [0.3, 0.4) is 0 Å². The van der Waals surface area contributed by atoms with Gasteiger partial charge in [-0.05, 0) is 24.6 Å². The summed E-state index contributed by atoms with van der Waals surface area (Å²) in [6, 6.07) is 3.95. The number of nitrogens with zero attached hydrogens (tertiary/aromatic N) is 2. The van der Waals surface area contributed by atoms with E-state index in [-0.39, 0.29) is 0 Å². The quantitative estimate of drug-likeness (QED) is 0.673. The van der Waals surface area contributed by atoms with Gasteiger partial charge < -0.3 is 0 Å². The van der Waals surface area contributed by atoms with Crippen molar-refractivity contribution < 1.29 is 0 Å². The molecule has 1 aromatic heterocycles. The normalized spacial score (nSPS) is 16.4. The number of hydrogen-bond donors (Lipinski definition) is 1. The molecule has 0 spiro atoms. The van der Waals surface area contributed by atoms with Gasteiger partial charge in [0.15, 0.2) is 0 Å². The van der Waals surface area contributed by atoms with Crippen molar-refractivity contribution in [1.82, 2.24) is 10.4 Å². The van der Waals surface area contributed by atoms with E-state index in [1.807, 2.05) is 23.3 Å². The number of hydrazine groups is 1. The van der Waals surface area contributed by atoms with Crippen LogP contribution in [0.15, 0.2) is 36.3 Å². The van der Waals surface area contributed by atoms with Crippen molar-refractivity contribution in [1.29, 1.82) is 0 Å². The van der Waals surface area contributed by atoms with Crippen molar-refractivity contribution in [2.45, 2.75) is 6.92 Å². The lowest BCUT2D eigenvalue weighted by Gasteiger charge is -2.14. The third-order valence-electron chi connectivity index (χ3n) is 1.80. The fourth-order valence-corrected chi connectivity index (χ4v) is 1.18. The van der Waals surface area contributed by atoms with Gasteiger partial charge in [-0.25, -0.2) is 5.43 Å². The first-order valence-electron chi connectivity index (χ1n) is 3.96. The summed E-state index contributed by atoms with van der Waals surface area (Å²) < 4.78 is 0. The molecule has 0 fully saturated rings. The lowest BCUT2D eigenvalue weighted by molar-refractivity contribution is 0.802. The van der Waals surface area contributed by atoms with Crippen LogP contribution in [0.2, 0.25) is 0 Å². The molecule has 1 aromatic rings. The minimum atomic E-state index is 0.925. The second kappa shape index (κ2) is 2.95. The average molecular weight is 161 g/mol. The van der Waals surface area contributed by atoms with Gasteiger partial charge in [0.1, 0.15) is 0 Å². The third kappa shape index (κ3) is 1.31. The molecular weight excluding hydrogens is 150 g/mol. The molecule has 1 aliphatic rings. The largest absolute Gasteiger partial charge is 0.282 e. The van der Waals surface area contributed by atoms with Gasteiger partial charge in [-0.1, -0.05) is 0 Å². The van der Waals surface area contributed by atoms with Gasteiger partial charge in [-0.15, -0.1) is 0 Å². The van der Waals surface area contributed by atoms with E-state index in [4.69, 9.17) is 0 Å². The average Bonchev–Trinajstić information content (AvgIpc) is 2.54. The van der Waals surface area contributed by atoms with Crippen LogP contribution >= 0.6 is 0 Å². The molecule has 0 saturated heterocycles. The number of hydrogen-bond acceptors (Lipinski definition) is 3. The van der Waals surface area contributed by atoms with Gasteiger partial charge in [-0.3, -0.25) is 9.99 Å². The molecule has 12 heavy (non-hydrogen) atoms. The van der Waals surface area contributed by atoms with Crippen LogP contribution < -0.4 is 10.4 Å². The standard InChI is InChI=1S/C9H11N3/c1-8-5-11-12(7-8)9-3-2-4-10-6-9/h2-4,6-7,11H,5H2,1H3. The number of anilines is 1. The number of nitrogens with one attached hydrogen (secondary N) is 1. The molecule has 0 bridgehead atoms. The van der Waals surface area contributed by atoms with Gasteiger partial charge in [-0.2, -0.15) is 0 Å². The second-order valence-electron chi connectivity index (χ2n) is 2.89. The van der Waals surface area contributed by atoms with Crippen LogP contribution in [-0.2, 0) is 0 Å². The Labute approximate surface area is 71.7 Å². The molecule has 0 aliphatic carbocycles. The summed E-state index contributed by atoms with van der Waals surface area (Å²) in [4.78, 5) is 4.04. The molecule has 0 unspecified atom stereocenters. The summed E-state index contributed by atoms with van der Waals surface area (Å²) in [6.45, 7) is 3.03. The molecule has 3 heteroatoms. The van der Waals surface area contributed by atoms with E-state index >= 15 is 0 Å². The van der Waals surface area contributed by atoms with Crippen molar-refractivity contribution in [2.24, 2.45) is 0 Å². The maximum atomic E-state index is 4.04. The van der Waals surface area contributed by atoms with Gasteiger partial charge in [0.2, 0.25) is 0 Å². The summed E-state index contributed by atoms with van der Waals surface area (Å²) in [7, 11) is 0. The van der Waals surface area contributed by atoms with Crippen LogP contribution in [-0.4, -0.2) is 11.5 Å². The van der Waals surface area contributed by atoms with Crippen molar-refractivity contribution >= 4 is 5.69 Å². The molecule has 0 atom stereocenters. The van der Waals surface area contributed by atoms with Crippen LogP contribution in [0.4, 0.5) is 5.69 Å². The van der Waals surface area contributed by atoms with Gasteiger partial charge in [0.05, 0.1) is 11.9 Å². The number of aromatic nitrogens is 1. The fraction of sp³-hybridized carbons (Fsp3) is 0.222. The first-order chi connectivity index (χ1) is 5.86. The number of rotatable bonds is 1. The van der Waals surface area contributed by atoms with E-state index < -0.39 is 0 Å². The molecule has 0 radical (unpaired) electrons. The minimum Gasteiger partial charge on any atom is -0.282 e. The molecule has 0 aromatic carbocycles. The summed E-state index contributed by atoms with van der Waals surface area (Å²) in [5.74, 6) is 0. The van der Waals surface area contributed by atoms with E-state index in [2.05, 4.69) is 23.5 Å². The van der Waals surface area contributed by atoms with Crippen molar-refractivity contribution in [3.63, 3.8) is 0 Å². The van der Waals surface area contributed by atoms with Crippen molar-refractivity contribution in [3.05, 3.63) is 36.3 Å². The van der Waals surface area contributed by atoms with Crippen molar-refractivity contribution in [2.75, 3.05) is 11.6 Å². The highest BCUT2D eigenvalue weighted by atomic mass is 15.5. The van der Waals surface area contributed by atoms with Gasteiger partial charge in [0.25, 0.3) is 0 Å². The number of pyridine rings is 1. The summed E-state index contributed by atoms with van der Waals surface area (Å²) in [6.07, 6.45) is 5.69. The molecule has 3 nitrogen and oxygen atoms in total. The Morgan fingerprint density at radius 2 is 2.50 bits per heavy atom. The van der Waals surface area contributed by atoms with E-state index in [1.54, 1.807) is 6.20 Å². The monoisotopic (exact) mass is 161 g/mol. The van der Waals surface area contributed by atoms with E-state index in [0.29, 0.717) is 0 Å². The fourth-order valence-electron chi connectivity index (χ4n) is 1.18. The lowest BCUT2D eigenvalue weighted by atomic mass is 10.3. The summed E-state index contributed by atoms with van der Waals surface area (Å²) in [5.41, 5.74) is 5.63. The highest BCUT2D eigenvalue weighted by Crippen LogP contribution is 2.14. The Balaban J connectivity index is 2.22. The molecule has 0 amide bonds. The van der Waals surface area contributed by atoms with E-state index in [9.17, 15) is 0 Å². The van der Waals surface area contributed by atoms with Crippen LogP contribution in [0, 0.1) is 0 Å². The highest BCUT2D eigenvalue weighted by Gasteiger charge is 2.08. The topological polar surface area (TPSA) is 28.2 Å². The Morgan fingerprint density at radius 3 is 3.08 bits per heavy atom. The molecule has 0 saturated carbocycles. The Bertz CT molecular complexity index is 292. The van der Waals surface area contributed by atoms with Crippen LogP contribution in [0.1, 0.15) is 6.92 Å². The SMILES string of the molecule is CC1=CN(c2cccnc2)NC1. The Kier molecular flexibility index (Phi) is 1.80. The lowest BCUT2D eigenvalue weighted by Crippen LogP contribution is -2.28. The molecule has 2 rings (SSSR count). The van der Waals surface area contributed by atoms with Crippen LogP contribution in [0.5, 0.6) is 0 Å². The molecule has 2 heterocycles. The molecule has 62 valence electrons. The predicted molar refractivity (Wildman–Crippen MR) is 48.5 cm³/mol. The van der Waals surface area contributed by atoms with Gasteiger partial charge >= 0.3 is 0 Å². The molecule has 1 N–H and O–H groups in total. The van der Waals surface area contributed by atoms with Crippen molar-refractivity contribution in [3.8, 4) is 0 Å². The first kappa shape index (κ1) is 7.31. The highest BCUT2D eigenvalue weighted by molar-refractivity contribution is 5.47. The summed E-state index contributed by atoms with van der Waals surface area (Å²) in [5, 5.41) is 1.99. The Morgan fingerprint density at radius 1 is 1.58 bits per heavy atom. The smallest absolute Gasteiger partial charge is 0.0754 e. The summed E-state index contributed by atoms with van der Waals surface area (Å²) >= 11 is 0. The zero-order chi connectivity index (χ0) is 8.39. The molecular formula is C9H11N3.